The molecular weight excluding hydrogens is 384 g/mol. The van der Waals surface area contributed by atoms with Crippen LogP contribution in [-0.2, 0) is 0 Å². The number of para-hydroxylation sites is 1. The molecule has 1 amide bonds. The molecule has 1 aromatic heterocycles. The van der Waals surface area contributed by atoms with Crippen molar-refractivity contribution in [1.82, 2.24) is 0 Å². The SMILES string of the molecule is COc1cccc(OC)c1C(=O)Nc1c(NC2CCCC2)c2ccccc2oc1=O. The average molecular weight is 408 g/mol. The third kappa shape index (κ3) is 3.70. The van der Waals surface area contributed by atoms with Crippen molar-refractivity contribution in [3.05, 3.63) is 58.4 Å². The minimum absolute atomic E-state index is 0.0820. The van der Waals surface area contributed by atoms with Crippen molar-refractivity contribution in [2.45, 2.75) is 31.7 Å². The monoisotopic (exact) mass is 408 g/mol. The highest BCUT2D eigenvalue weighted by Crippen LogP contribution is 2.34. The minimum atomic E-state index is -0.614. The minimum Gasteiger partial charge on any atom is -0.496 e. The zero-order valence-electron chi connectivity index (χ0n) is 17.0. The number of amides is 1. The molecule has 1 aliphatic rings. The molecule has 0 bridgehead atoms. The molecule has 0 unspecified atom stereocenters. The lowest BCUT2D eigenvalue weighted by Crippen LogP contribution is -2.23. The van der Waals surface area contributed by atoms with Crippen molar-refractivity contribution in [3.63, 3.8) is 0 Å². The Kier molecular flexibility index (Phi) is 5.61. The topological polar surface area (TPSA) is 89.8 Å². The summed E-state index contributed by atoms with van der Waals surface area (Å²) < 4.78 is 16.1. The highest BCUT2D eigenvalue weighted by atomic mass is 16.5. The van der Waals surface area contributed by atoms with E-state index in [4.69, 9.17) is 13.9 Å². The van der Waals surface area contributed by atoms with Gasteiger partial charge in [0.2, 0.25) is 0 Å². The predicted molar refractivity (Wildman–Crippen MR) is 116 cm³/mol. The lowest BCUT2D eigenvalue weighted by molar-refractivity contribution is 0.102. The molecule has 1 heterocycles. The molecule has 3 aromatic rings. The summed E-state index contributed by atoms with van der Waals surface area (Å²) in [6.45, 7) is 0. The van der Waals surface area contributed by atoms with Gasteiger partial charge in [0.25, 0.3) is 5.91 Å². The largest absolute Gasteiger partial charge is 0.496 e. The second-order valence-corrected chi connectivity index (χ2v) is 7.25. The van der Waals surface area contributed by atoms with Crippen molar-refractivity contribution in [2.24, 2.45) is 0 Å². The molecular formula is C23H24N2O5. The van der Waals surface area contributed by atoms with Gasteiger partial charge < -0.3 is 24.5 Å². The number of carbonyl (C=O) groups is 1. The van der Waals surface area contributed by atoms with E-state index in [1.54, 1.807) is 24.3 Å². The van der Waals surface area contributed by atoms with Gasteiger partial charge in [-0.25, -0.2) is 4.79 Å². The van der Waals surface area contributed by atoms with Gasteiger partial charge in [-0.15, -0.1) is 0 Å². The van der Waals surface area contributed by atoms with Crippen molar-refractivity contribution in [1.29, 1.82) is 0 Å². The molecule has 7 heteroatoms. The first kappa shape index (κ1) is 19.8. The van der Waals surface area contributed by atoms with Crippen LogP contribution in [0, 0.1) is 0 Å². The van der Waals surface area contributed by atoms with Crippen molar-refractivity contribution >= 4 is 28.3 Å². The van der Waals surface area contributed by atoms with Crippen LogP contribution in [-0.4, -0.2) is 26.2 Å². The fraction of sp³-hybridized carbons (Fsp3) is 0.304. The number of rotatable bonds is 6. The number of nitrogens with one attached hydrogen (secondary N) is 2. The molecule has 1 saturated carbocycles. The molecule has 4 rings (SSSR count). The molecule has 1 fully saturated rings. The third-order valence-electron chi connectivity index (χ3n) is 5.41. The van der Waals surface area contributed by atoms with Gasteiger partial charge in [0, 0.05) is 11.4 Å². The first-order chi connectivity index (χ1) is 14.6. The van der Waals surface area contributed by atoms with Gasteiger partial charge in [-0.05, 0) is 37.1 Å². The number of hydrogen-bond acceptors (Lipinski definition) is 6. The van der Waals surface area contributed by atoms with Crippen molar-refractivity contribution in [3.8, 4) is 11.5 Å². The van der Waals surface area contributed by atoms with E-state index >= 15 is 0 Å². The van der Waals surface area contributed by atoms with Gasteiger partial charge in [-0.1, -0.05) is 31.0 Å². The Morgan fingerprint density at radius 2 is 1.63 bits per heavy atom. The molecule has 7 nitrogen and oxygen atoms in total. The normalized spacial score (nSPS) is 13.9. The van der Waals surface area contributed by atoms with Crippen LogP contribution in [0.25, 0.3) is 11.0 Å². The molecule has 156 valence electrons. The van der Waals surface area contributed by atoms with Gasteiger partial charge in [0.1, 0.15) is 22.6 Å². The summed E-state index contributed by atoms with van der Waals surface area (Å²) in [5.74, 6) is 0.186. The Morgan fingerprint density at radius 3 is 2.30 bits per heavy atom. The first-order valence-electron chi connectivity index (χ1n) is 9.97. The van der Waals surface area contributed by atoms with E-state index in [1.807, 2.05) is 18.2 Å². The summed E-state index contributed by atoms with van der Waals surface area (Å²) in [5, 5.41) is 6.96. The maximum atomic E-state index is 13.2. The molecule has 0 spiro atoms. The summed E-state index contributed by atoms with van der Waals surface area (Å²) in [4.78, 5) is 26.0. The summed E-state index contributed by atoms with van der Waals surface area (Å²) in [6, 6.07) is 12.6. The molecule has 0 aliphatic heterocycles. The van der Waals surface area contributed by atoms with E-state index in [9.17, 15) is 9.59 Å². The van der Waals surface area contributed by atoms with Crippen LogP contribution in [0.2, 0.25) is 0 Å². The van der Waals surface area contributed by atoms with Crippen LogP contribution in [0.1, 0.15) is 36.0 Å². The molecule has 1 aliphatic carbocycles. The zero-order valence-corrected chi connectivity index (χ0v) is 17.0. The zero-order chi connectivity index (χ0) is 21.1. The maximum absolute atomic E-state index is 13.2. The van der Waals surface area contributed by atoms with Crippen LogP contribution in [0.4, 0.5) is 11.4 Å². The molecule has 0 atom stereocenters. The van der Waals surface area contributed by atoms with Crippen molar-refractivity contribution in [2.75, 3.05) is 24.9 Å². The number of carbonyl (C=O) groups excluding carboxylic acids is 1. The molecule has 0 saturated heterocycles. The number of ether oxygens (including phenoxy) is 2. The predicted octanol–water partition coefficient (Wildman–Crippen LogP) is 4.42. The number of methoxy groups -OCH3 is 2. The third-order valence-corrected chi connectivity index (χ3v) is 5.41. The quantitative estimate of drug-likeness (QED) is 0.587. The van der Waals surface area contributed by atoms with Gasteiger partial charge in [0.05, 0.1) is 19.9 Å². The Labute approximate surface area is 174 Å². The number of anilines is 2. The second-order valence-electron chi connectivity index (χ2n) is 7.25. The van der Waals surface area contributed by atoms with E-state index in [0.717, 1.165) is 31.1 Å². The number of hydrogen-bond donors (Lipinski definition) is 2. The standard InChI is InChI=1S/C23H24N2O5/c1-28-17-12-7-13-18(29-2)19(17)22(26)25-21-20(24-14-8-3-4-9-14)15-10-5-6-11-16(15)30-23(21)27/h5-7,10-14,24H,3-4,8-9H2,1-2H3,(H,25,26). The Balaban J connectivity index is 1.80. The Bertz CT molecular complexity index is 1110. The summed E-state index contributed by atoms with van der Waals surface area (Å²) in [6.07, 6.45) is 4.30. The Hall–Kier alpha value is -3.48. The van der Waals surface area contributed by atoms with Gasteiger partial charge in [-0.3, -0.25) is 4.79 Å². The van der Waals surface area contributed by atoms with Crippen molar-refractivity contribution < 1.29 is 18.7 Å². The van der Waals surface area contributed by atoms with Gasteiger partial charge in [0.15, 0.2) is 5.69 Å². The molecule has 2 aromatic carbocycles. The van der Waals surface area contributed by atoms with E-state index in [2.05, 4.69) is 10.6 Å². The van der Waals surface area contributed by atoms with Gasteiger partial charge in [-0.2, -0.15) is 0 Å². The van der Waals surface area contributed by atoms with Crippen LogP contribution in [0.15, 0.2) is 51.7 Å². The molecule has 2 N–H and O–H groups in total. The van der Waals surface area contributed by atoms with E-state index in [1.165, 1.54) is 14.2 Å². The van der Waals surface area contributed by atoms with Gasteiger partial charge >= 0.3 is 5.63 Å². The smallest absolute Gasteiger partial charge is 0.362 e. The Morgan fingerprint density at radius 1 is 0.967 bits per heavy atom. The fourth-order valence-electron chi connectivity index (χ4n) is 3.94. The number of fused-ring (bicyclic) bond motifs is 1. The lowest BCUT2D eigenvalue weighted by Gasteiger charge is -2.19. The summed E-state index contributed by atoms with van der Waals surface area (Å²) in [7, 11) is 2.95. The average Bonchev–Trinajstić information content (AvgIpc) is 3.28. The molecule has 30 heavy (non-hydrogen) atoms. The van der Waals surface area contributed by atoms with Crippen LogP contribution < -0.4 is 25.7 Å². The number of benzene rings is 2. The maximum Gasteiger partial charge on any atom is 0.362 e. The van der Waals surface area contributed by atoms with E-state index < -0.39 is 11.5 Å². The van der Waals surface area contributed by atoms with Crippen LogP contribution >= 0.6 is 0 Å². The highest BCUT2D eigenvalue weighted by Gasteiger charge is 2.24. The molecule has 0 radical (unpaired) electrons. The summed E-state index contributed by atoms with van der Waals surface area (Å²) >= 11 is 0. The summed E-state index contributed by atoms with van der Waals surface area (Å²) in [5.41, 5.74) is 0.726. The van der Waals surface area contributed by atoms with Crippen LogP contribution in [0.3, 0.4) is 0 Å². The van der Waals surface area contributed by atoms with E-state index in [-0.39, 0.29) is 17.3 Å². The second kappa shape index (κ2) is 8.49. The fourth-order valence-corrected chi connectivity index (χ4v) is 3.94. The highest BCUT2D eigenvalue weighted by molar-refractivity contribution is 6.11. The first-order valence-corrected chi connectivity index (χ1v) is 9.97. The lowest BCUT2D eigenvalue weighted by atomic mass is 10.1. The van der Waals surface area contributed by atoms with E-state index in [0.29, 0.717) is 22.8 Å². The van der Waals surface area contributed by atoms with Crippen LogP contribution in [0.5, 0.6) is 11.5 Å².